The van der Waals surface area contributed by atoms with E-state index in [2.05, 4.69) is 4.99 Å². The Balaban J connectivity index is 2.75. The van der Waals surface area contributed by atoms with E-state index < -0.39 is 0 Å². The van der Waals surface area contributed by atoms with Crippen molar-refractivity contribution >= 4 is 12.6 Å². The van der Waals surface area contributed by atoms with Crippen molar-refractivity contribution < 1.29 is 0 Å². The number of aliphatic imine (C=N–C) groups is 1. The zero-order valence-corrected chi connectivity index (χ0v) is 5.78. The molecule has 0 aliphatic carbocycles. The van der Waals surface area contributed by atoms with Gasteiger partial charge in [-0.1, -0.05) is 0 Å². The van der Waals surface area contributed by atoms with E-state index in [9.17, 15) is 0 Å². The summed E-state index contributed by atoms with van der Waals surface area (Å²) in [4.78, 5) is 3.66. The van der Waals surface area contributed by atoms with Crippen LogP contribution in [0.4, 0.5) is 0 Å². The van der Waals surface area contributed by atoms with Crippen LogP contribution >= 0.6 is 0 Å². The number of hydrogen-bond donors (Lipinski definition) is 1. The van der Waals surface area contributed by atoms with E-state index in [1.807, 2.05) is 30.1 Å². The zero-order chi connectivity index (χ0) is 7.40. The summed E-state index contributed by atoms with van der Waals surface area (Å²) in [6.07, 6.45) is 6.54. The van der Waals surface area contributed by atoms with Crippen molar-refractivity contribution in [2.24, 2.45) is 12.0 Å². The van der Waals surface area contributed by atoms with Crippen molar-refractivity contribution in [3.05, 3.63) is 24.0 Å². The average molecular weight is 135 g/mol. The van der Waals surface area contributed by atoms with Gasteiger partial charge in [-0.05, 0) is 6.07 Å². The molecule has 0 aliphatic heterocycles. The molecule has 0 spiro atoms. The van der Waals surface area contributed by atoms with E-state index in [0.717, 1.165) is 11.9 Å². The molecule has 0 saturated carbocycles. The Bertz CT molecular complexity index is 247. The summed E-state index contributed by atoms with van der Waals surface area (Å²) >= 11 is 0. The second kappa shape index (κ2) is 2.96. The predicted octanol–water partition coefficient (Wildman–Crippen LogP) is 1.05. The highest BCUT2D eigenvalue weighted by Gasteiger charge is 1.86. The Hall–Kier alpha value is -1.38. The van der Waals surface area contributed by atoms with E-state index in [-0.39, 0.29) is 0 Å². The van der Waals surface area contributed by atoms with Crippen LogP contribution in [-0.4, -0.2) is 17.1 Å². The lowest BCUT2D eigenvalue weighted by atomic mass is 10.4. The predicted molar refractivity (Wildman–Crippen MR) is 41.8 cm³/mol. The molecule has 3 nitrogen and oxygen atoms in total. The fraction of sp³-hybridized carbons (Fsp3) is 0.143. The quantitative estimate of drug-likeness (QED) is 0.465. The van der Waals surface area contributed by atoms with Crippen molar-refractivity contribution in [1.82, 2.24) is 4.57 Å². The summed E-state index contributed by atoms with van der Waals surface area (Å²) in [5.41, 5.74) is 1.02. The molecule has 3 heteroatoms. The highest BCUT2D eigenvalue weighted by molar-refractivity contribution is 5.84. The minimum Gasteiger partial charge on any atom is -0.357 e. The summed E-state index contributed by atoms with van der Waals surface area (Å²) in [5.74, 6) is 0. The van der Waals surface area contributed by atoms with Gasteiger partial charge in [-0.15, -0.1) is 0 Å². The summed E-state index contributed by atoms with van der Waals surface area (Å²) < 4.78 is 1.94. The standard InChI is InChI=1S/C7H9N3/c1-10-3-2-7(5-10)4-9-6-8/h2-6,8H,1H3/b8-6?,9-4-. The first-order chi connectivity index (χ1) is 4.83. The summed E-state index contributed by atoms with van der Waals surface area (Å²) in [5, 5.41) is 6.63. The van der Waals surface area contributed by atoms with Crippen molar-refractivity contribution in [1.29, 1.82) is 5.41 Å². The minimum atomic E-state index is 1.02. The first kappa shape index (κ1) is 6.74. The van der Waals surface area contributed by atoms with Crippen LogP contribution in [0.25, 0.3) is 0 Å². The van der Waals surface area contributed by atoms with Crippen LogP contribution in [0.1, 0.15) is 5.56 Å². The lowest BCUT2D eigenvalue weighted by Gasteiger charge is -1.82. The van der Waals surface area contributed by atoms with Gasteiger partial charge in [0.2, 0.25) is 0 Å². The zero-order valence-electron chi connectivity index (χ0n) is 5.78. The number of aromatic nitrogens is 1. The number of hydrogen-bond acceptors (Lipinski definition) is 1. The maximum atomic E-state index is 6.63. The molecule has 0 atom stereocenters. The molecule has 10 heavy (non-hydrogen) atoms. The second-order valence-corrected chi connectivity index (χ2v) is 2.02. The second-order valence-electron chi connectivity index (χ2n) is 2.02. The van der Waals surface area contributed by atoms with E-state index >= 15 is 0 Å². The third kappa shape index (κ3) is 1.55. The van der Waals surface area contributed by atoms with Crippen LogP contribution in [0.3, 0.4) is 0 Å². The van der Waals surface area contributed by atoms with Crippen LogP contribution in [0.2, 0.25) is 0 Å². The molecular weight excluding hydrogens is 126 g/mol. The molecule has 1 aromatic heterocycles. The van der Waals surface area contributed by atoms with Gasteiger partial charge in [-0.3, -0.25) is 5.41 Å². The van der Waals surface area contributed by atoms with Gasteiger partial charge >= 0.3 is 0 Å². The Morgan fingerprint density at radius 1 is 1.70 bits per heavy atom. The highest BCUT2D eigenvalue weighted by Crippen LogP contribution is 1.94. The maximum absolute atomic E-state index is 6.63. The molecule has 0 fully saturated rings. The van der Waals surface area contributed by atoms with E-state index in [0.29, 0.717) is 0 Å². The van der Waals surface area contributed by atoms with Crippen LogP contribution in [0.15, 0.2) is 23.5 Å². The molecule has 52 valence electrons. The smallest absolute Gasteiger partial charge is 0.106 e. The van der Waals surface area contributed by atoms with Gasteiger partial charge in [0.05, 0.1) is 0 Å². The molecule has 0 aliphatic rings. The van der Waals surface area contributed by atoms with Crippen LogP contribution in [0, 0.1) is 5.41 Å². The van der Waals surface area contributed by atoms with Crippen molar-refractivity contribution in [3.63, 3.8) is 0 Å². The maximum Gasteiger partial charge on any atom is 0.106 e. The topological polar surface area (TPSA) is 41.1 Å². The normalized spacial score (nSPS) is 10.5. The van der Waals surface area contributed by atoms with E-state index in [1.54, 1.807) is 6.21 Å². The van der Waals surface area contributed by atoms with Gasteiger partial charge < -0.3 is 4.57 Å². The Morgan fingerprint density at radius 3 is 3.00 bits per heavy atom. The average Bonchev–Trinajstić information content (AvgIpc) is 2.31. The fourth-order valence-corrected chi connectivity index (χ4v) is 0.725. The van der Waals surface area contributed by atoms with E-state index in [4.69, 9.17) is 5.41 Å². The SMILES string of the molecule is Cn1ccc(/C=N\C=N)c1. The number of aryl methyl sites for hydroxylation is 1. The molecule has 1 aromatic rings. The Morgan fingerprint density at radius 2 is 2.50 bits per heavy atom. The van der Waals surface area contributed by atoms with Crippen LogP contribution in [0.5, 0.6) is 0 Å². The van der Waals surface area contributed by atoms with Gasteiger partial charge in [-0.2, -0.15) is 0 Å². The first-order valence-electron chi connectivity index (χ1n) is 2.97. The number of nitrogens with zero attached hydrogens (tertiary/aromatic N) is 2. The van der Waals surface area contributed by atoms with Crippen molar-refractivity contribution in [3.8, 4) is 0 Å². The van der Waals surface area contributed by atoms with E-state index in [1.165, 1.54) is 0 Å². The van der Waals surface area contributed by atoms with Gasteiger partial charge in [0, 0.05) is 31.2 Å². The third-order valence-corrected chi connectivity index (χ3v) is 1.15. The highest BCUT2D eigenvalue weighted by atomic mass is 14.9. The molecule has 0 bridgehead atoms. The largest absolute Gasteiger partial charge is 0.357 e. The number of nitrogens with one attached hydrogen (secondary N) is 1. The minimum absolute atomic E-state index is 1.02. The summed E-state index contributed by atoms with van der Waals surface area (Å²) in [7, 11) is 1.95. The van der Waals surface area contributed by atoms with Gasteiger partial charge in [0.1, 0.15) is 6.34 Å². The monoisotopic (exact) mass is 135 g/mol. The molecule has 0 amide bonds. The molecule has 0 aromatic carbocycles. The third-order valence-electron chi connectivity index (χ3n) is 1.15. The summed E-state index contributed by atoms with van der Waals surface area (Å²) in [6, 6.07) is 1.94. The molecule has 1 rings (SSSR count). The van der Waals surface area contributed by atoms with Gasteiger partial charge in [0.15, 0.2) is 0 Å². The van der Waals surface area contributed by atoms with Gasteiger partial charge in [-0.25, -0.2) is 4.99 Å². The lowest BCUT2D eigenvalue weighted by Crippen LogP contribution is -1.79. The molecule has 1 heterocycles. The first-order valence-corrected chi connectivity index (χ1v) is 2.97. The van der Waals surface area contributed by atoms with Crippen molar-refractivity contribution in [2.45, 2.75) is 0 Å². The van der Waals surface area contributed by atoms with Crippen LogP contribution in [-0.2, 0) is 7.05 Å². The molecular formula is C7H9N3. The van der Waals surface area contributed by atoms with Crippen molar-refractivity contribution in [2.75, 3.05) is 0 Å². The number of rotatable bonds is 2. The lowest BCUT2D eigenvalue weighted by molar-refractivity contribution is 0.927. The Kier molecular flexibility index (Phi) is 1.99. The van der Waals surface area contributed by atoms with Crippen LogP contribution < -0.4 is 0 Å². The summed E-state index contributed by atoms with van der Waals surface area (Å²) in [6.45, 7) is 0. The Labute approximate surface area is 59.5 Å². The molecule has 1 N–H and O–H groups in total. The van der Waals surface area contributed by atoms with Gasteiger partial charge in [0.25, 0.3) is 0 Å². The molecule has 0 saturated heterocycles. The fourth-order valence-electron chi connectivity index (χ4n) is 0.725. The molecule has 0 radical (unpaired) electrons. The molecule has 0 unspecified atom stereocenters.